The zero-order valence-electron chi connectivity index (χ0n) is 13.6. The first kappa shape index (κ1) is 17.0. The largest absolute Gasteiger partial charge is 0.364 e. The lowest BCUT2D eigenvalue weighted by Gasteiger charge is -2.29. The molecule has 0 aliphatic heterocycles. The van der Waals surface area contributed by atoms with Gasteiger partial charge < -0.3 is 22.1 Å². The van der Waals surface area contributed by atoms with Crippen molar-refractivity contribution in [3.63, 3.8) is 0 Å². The zero-order valence-corrected chi connectivity index (χ0v) is 13.6. The average Bonchev–Trinajstić information content (AvgIpc) is 2.57. The summed E-state index contributed by atoms with van der Waals surface area (Å²) in [5.74, 6) is -0.761. The number of pyridine rings is 1. The molecule has 0 radical (unpaired) electrons. The normalized spacial score (nSPS) is 20.1. The lowest BCUT2D eigenvalue weighted by atomic mass is 9.91. The van der Waals surface area contributed by atoms with Crippen molar-refractivity contribution in [3.05, 3.63) is 36.2 Å². The molecule has 3 rings (SSSR count). The highest BCUT2D eigenvalue weighted by molar-refractivity contribution is 5.96. The van der Waals surface area contributed by atoms with Gasteiger partial charge in [0, 0.05) is 30.0 Å². The maximum absolute atomic E-state index is 13.3. The summed E-state index contributed by atoms with van der Waals surface area (Å²) in [6.45, 7) is 0. The molecule has 2 aromatic rings. The molecule has 0 aromatic carbocycles. The van der Waals surface area contributed by atoms with Crippen molar-refractivity contribution in [2.45, 2.75) is 37.8 Å². The van der Waals surface area contributed by atoms with E-state index in [1.54, 1.807) is 6.07 Å². The van der Waals surface area contributed by atoms with Gasteiger partial charge in [-0.2, -0.15) is 4.39 Å². The highest BCUT2D eigenvalue weighted by atomic mass is 19.1. The van der Waals surface area contributed by atoms with Gasteiger partial charge in [0.05, 0.1) is 6.20 Å². The van der Waals surface area contributed by atoms with E-state index in [0.29, 0.717) is 11.5 Å². The molecule has 0 bridgehead atoms. The van der Waals surface area contributed by atoms with Crippen LogP contribution in [0, 0.1) is 5.95 Å². The van der Waals surface area contributed by atoms with Gasteiger partial charge in [0.1, 0.15) is 5.82 Å². The van der Waals surface area contributed by atoms with Crippen molar-refractivity contribution in [2.75, 3.05) is 10.6 Å². The number of nitrogens with two attached hydrogens (primary N) is 2. The van der Waals surface area contributed by atoms with Gasteiger partial charge in [0.25, 0.3) is 5.91 Å². The lowest BCUT2D eigenvalue weighted by molar-refractivity contribution is 0.0996. The first-order valence-electron chi connectivity index (χ1n) is 8.10. The summed E-state index contributed by atoms with van der Waals surface area (Å²) in [5, 5.41) is 6.12. The quantitative estimate of drug-likeness (QED) is 0.604. The van der Waals surface area contributed by atoms with E-state index in [-0.39, 0.29) is 23.6 Å². The molecule has 0 spiro atoms. The van der Waals surface area contributed by atoms with Gasteiger partial charge in [-0.3, -0.25) is 4.79 Å². The summed E-state index contributed by atoms with van der Waals surface area (Å²) in [7, 11) is 0. The van der Waals surface area contributed by atoms with Gasteiger partial charge in [-0.05, 0) is 18.9 Å². The Labute approximate surface area is 144 Å². The predicted octanol–water partition coefficient (Wildman–Crippen LogP) is 1.53. The number of carbonyl (C=O) groups is 1. The highest BCUT2D eigenvalue weighted by Gasteiger charge is 2.22. The van der Waals surface area contributed by atoms with Crippen molar-refractivity contribution >= 4 is 23.2 Å². The summed E-state index contributed by atoms with van der Waals surface area (Å²) >= 11 is 0. The van der Waals surface area contributed by atoms with Crippen molar-refractivity contribution in [1.29, 1.82) is 0 Å². The van der Waals surface area contributed by atoms with E-state index in [4.69, 9.17) is 11.5 Å². The third-order valence-corrected chi connectivity index (χ3v) is 4.15. The minimum absolute atomic E-state index is 0.0317. The third kappa shape index (κ3) is 4.18. The number of primary amides is 1. The molecule has 9 heteroatoms. The molecule has 2 atom stereocenters. The van der Waals surface area contributed by atoms with Crippen LogP contribution in [0.25, 0.3) is 0 Å². The van der Waals surface area contributed by atoms with Crippen LogP contribution in [0.4, 0.5) is 21.7 Å². The number of nitrogens with one attached hydrogen (secondary N) is 2. The molecule has 132 valence electrons. The van der Waals surface area contributed by atoms with Crippen molar-refractivity contribution in [3.8, 4) is 0 Å². The monoisotopic (exact) mass is 345 g/mol. The Kier molecular flexibility index (Phi) is 5.03. The molecule has 2 unspecified atom stereocenters. The van der Waals surface area contributed by atoms with E-state index in [1.807, 2.05) is 0 Å². The Balaban J connectivity index is 1.85. The zero-order chi connectivity index (χ0) is 17.8. The summed E-state index contributed by atoms with van der Waals surface area (Å²) < 4.78 is 13.3. The van der Waals surface area contributed by atoms with E-state index in [0.717, 1.165) is 25.7 Å². The van der Waals surface area contributed by atoms with Crippen LogP contribution >= 0.6 is 0 Å². The molecule has 1 aliphatic carbocycles. The molecule has 1 amide bonds. The third-order valence-electron chi connectivity index (χ3n) is 4.15. The number of amides is 1. The van der Waals surface area contributed by atoms with Crippen molar-refractivity contribution in [1.82, 2.24) is 15.0 Å². The first-order valence-corrected chi connectivity index (χ1v) is 8.10. The van der Waals surface area contributed by atoms with Crippen LogP contribution in [-0.4, -0.2) is 32.9 Å². The summed E-state index contributed by atoms with van der Waals surface area (Å²) in [4.78, 5) is 23.5. The smallest absolute Gasteiger partial charge is 0.271 e. The molecule has 1 aliphatic rings. The van der Waals surface area contributed by atoms with E-state index in [2.05, 4.69) is 25.6 Å². The molecular weight excluding hydrogens is 325 g/mol. The number of nitrogens with zero attached hydrogens (tertiary/aromatic N) is 3. The number of halogens is 1. The van der Waals surface area contributed by atoms with Crippen LogP contribution in [0.3, 0.4) is 0 Å². The second kappa shape index (κ2) is 7.39. The highest BCUT2D eigenvalue weighted by Crippen LogP contribution is 2.23. The molecule has 1 fully saturated rings. The number of rotatable bonds is 5. The second-order valence-electron chi connectivity index (χ2n) is 6.01. The Bertz CT molecular complexity index is 770. The number of hydrogen-bond donors (Lipinski definition) is 4. The minimum atomic E-state index is -0.731. The first-order chi connectivity index (χ1) is 12.0. The average molecular weight is 345 g/mol. The van der Waals surface area contributed by atoms with Crippen LogP contribution in [0.2, 0.25) is 0 Å². The number of carbonyl (C=O) groups excluding carboxylic acids is 1. The fourth-order valence-corrected chi connectivity index (χ4v) is 2.87. The van der Waals surface area contributed by atoms with E-state index in [1.165, 1.54) is 18.5 Å². The van der Waals surface area contributed by atoms with Crippen LogP contribution in [-0.2, 0) is 0 Å². The lowest BCUT2D eigenvalue weighted by Crippen LogP contribution is -2.42. The fraction of sp³-hybridized carbons (Fsp3) is 0.375. The molecule has 2 aromatic heterocycles. The number of aromatic nitrogens is 3. The maximum Gasteiger partial charge on any atom is 0.271 e. The molecule has 1 saturated carbocycles. The topological polar surface area (TPSA) is 132 Å². The SMILES string of the molecule is NC(=O)c1ncc(NC2CCCCC2N)nc1Nc1ccnc(F)c1. The molecule has 25 heavy (non-hydrogen) atoms. The summed E-state index contributed by atoms with van der Waals surface area (Å²) in [6, 6.07) is 2.86. The van der Waals surface area contributed by atoms with Gasteiger partial charge in [-0.25, -0.2) is 15.0 Å². The Morgan fingerprint density at radius 3 is 2.80 bits per heavy atom. The van der Waals surface area contributed by atoms with E-state index >= 15 is 0 Å². The molecular formula is C16H20FN7O. The summed E-state index contributed by atoms with van der Waals surface area (Å²) in [5.41, 5.74) is 11.8. The second-order valence-corrected chi connectivity index (χ2v) is 6.01. The van der Waals surface area contributed by atoms with Crippen LogP contribution in [0.1, 0.15) is 36.2 Å². The van der Waals surface area contributed by atoms with Crippen LogP contribution in [0.5, 0.6) is 0 Å². The number of anilines is 3. The molecule has 6 N–H and O–H groups in total. The van der Waals surface area contributed by atoms with Gasteiger partial charge >= 0.3 is 0 Å². The molecule has 8 nitrogen and oxygen atoms in total. The molecule has 0 saturated heterocycles. The van der Waals surface area contributed by atoms with Gasteiger partial charge in [-0.15, -0.1) is 0 Å². The summed E-state index contributed by atoms with van der Waals surface area (Å²) in [6.07, 6.45) is 6.86. The Morgan fingerprint density at radius 2 is 2.08 bits per heavy atom. The Morgan fingerprint density at radius 1 is 1.28 bits per heavy atom. The number of hydrogen-bond acceptors (Lipinski definition) is 7. The fourth-order valence-electron chi connectivity index (χ4n) is 2.87. The van der Waals surface area contributed by atoms with Gasteiger partial charge in [0.2, 0.25) is 5.95 Å². The van der Waals surface area contributed by atoms with E-state index < -0.39 is 11.9 Å². The van der Waals surface area contributed by atoms with Crippen molar-refractivity contribution in [2.24, 2.45) is 11.5 Å². The van der Waals surface area contributed by atoms with Crippen LogP contribution < -0.4 is 22.1 Å². The van der Waals surface area contributed by atoms with Gasteiger partial charge in [0.15, 0.2) is 11.5 Å². The van der Waals surface area contributed by atoms with Crippen LogP contribution in [0.15, 0.2) is 24.5 Å². The van der Waals surface area contributed by atoms with Crippen molar-refractivity contribution < 1.29 is 9.18 Å². The predicted molar refractivity (Wildman–Crippen MR) is 91.9 cm³/mol. The standard InChI is InChI=1S/C16H20FN7O/c17-12-7-9(5-6-20-12)22-16-14(15(19)25)21-8-13(24-16)23-11-4-2-1-3-10(11)18/h5-8,10-11H,1-4,18H2,(H2,19,25)(H2,20,22,23,24). The minimum Gasteiger partial charge on any atom is -0.364 e. The van der Waals surface area contributed by atoms with E-state index in [9.17, 15) is 9.18 Å². The maximum atomic E-state index is 13.3. The molecule has 2 heterocycles. The Hall–Kier alpha value is -2.81. The van der Waals surface area contributed by atoms with Gasteiger partial charge in [-0.1, -0.05) is 12.8 Å².